The molecule has 1 aliphatic rings. The molecule has 4 N–H and O–H groups in total. The molecule has 28 heavy (non-hydrogen) atoms. The Labute approximate surface area is 171 Å². The molecule has 3 rings (SSSR count). The lowest BCUT2D eigenvalue weighted by Crippen LogP contribution is -2.41. The van der Waals surface area contributed by atoms with Crippen molar-refractivity contribution in [2.24, 2.45) is 5.14 Å². The highest BCUT2D eigenvalue weighted by molar-refractivity contribution is 7.89. The molecule has 0 amide bonds. The highest BCUT2D eigenvalue weighted by atomic mass is 32.2. The molecule has 0 saturated heterocycles. The van der Waals surface area contributed by atoms with Crippen molar-refractivity contribution in [1.82, 2.24) is 0 Å². The summed E-state index contributed by atoms with van der Waals surface area (Å²) in [6, 6.07) is 12.0. The van der Waals surface area contributed by atoms with Crippen LogP contribution < -0.4 is 20.5 Å². The van der Waals surface area contributed by atoms with E-state index < -0.39 is 10.0 Å². The molecule has 0 aromatic heterocycles. The van der Waals surface area contributed by atoms with E-state index in [0.717, 1.165) is 23.4 Å². The van der Waals surface area contributed by atoms with E-state index in [1.165, 1.54) is 12.1 Å². The second-order valence-corrected chi connectivity index (χ2v) is 10.3. The lowest BCUT2D eigenvalue weighted by molar-refractivity contribution is 0.0535. The zero-order chi connectivity index (χ0) is 20.7. The van der Waals surface area contributed by atoms with Gasteiger partial charge in [-0.15, -0.1) is 0 Å². The number of ether oxygens (including phenoxy) is 1. The average molecular weight is 420 g/mol. The van der Waals surface area contributed by atoms with Crippen LogP contribution in [0.3, 0.4) is 0 Å². The fourth-order valence-corrected chi connectivity index (χ4v) is 4.49. The predicted molar refractivity (Wildman–Crippen MR) is 116 cm³/mol. The van der Waals surface area contributed by atoms with Crippen LogP contribution in [0.25, 0.3) is 0 Å². The van der Waals surface area contributed by atoms with Crippen molar-refractivity contribution in [1.29, 1.82) is 0 Å². The van der Waals surface area contributed by atoms with Crippen LogP contribution in [0.5, 0.6) is 5.75 Å². The quantitative estimate of drug-likeness (QED) is 0.652. The first-order valence-electron chi connectivity index (χ1n) is 8.90. The summed E-state index contributed by atoms with van der Waals surface area (Å²) in [4.78, 5) is 0.0526. The van der Waals surface area contributed by atoms with E-state index in [1.54, 1.807) is 12.1 Å². The molecule has 0 bridgehead atoms. The highest BCUT2D eigenvalue weighted by Crippen LogP contribution is 2.45. The van der Waals surface area contributed by atoms with E-state index >= 15 is 0 Å². The van der Waals surface area contributed by atoms with Gasteiger partial charge in [0.2, 0.25) is 10.0 Å². The number of sulfonamides is 1. The number of benzene rings is 2. The number of rotatable bonds is 3. The summed E-state index contributed by atoms with van der Waals surface area (Å²) in [6.07, 6.45) is 0.912. The normalized spacial score (nSPS) is 17.2. The molecule has 150 valence electrons. The molecule has 1 aliphatic heterocycles. The number of primary sulfonamides is 1. The summed E-state index contributed by atoms with van der Waals surface area (Å²) >= 11 is 5.38. The van der Waals surface area contributed by atoms with Gasteiger partial charge in [-0.3, -0.25) is 0 Å². The molecule has 2 aromatic carbocycles. The average Bonchev–Trinajstić information content (AvgIpc) is 2.53. The number of thiocarbonyl (C=S) groups is 1. The monoisotopic (exact) mass is 419 g/mol. The number of nitrogens with two attached hydrogens (primary N) is 1. The van der Waals surface area contributed by atoms with E-state index in [9.17, 15) is 8.42 Å². The molecular formula is C20H25N3O3S2. The Kier molecular flexibility index (Phi) is 5.16. The van der Waals surface area contributed by atoms with Crippen LogP contribution in [0.1, 0.15) is 39.7 Å². The van der Waals surface area contributed by atoms with Gasteiger partial charge in [-0.25, -0.2) is 13.6 Å². The molecule has 2 aromatic rings. The van der Waals surface area contributed by atoms with Crippen LogP contribution in [0, 0.1) is 0 Å². The Morgan fingerprint density at radius 1 is 1.04 bits per heavy atom. The third kappa shape index (κ3) is 4.63. The number of anilines is 2. The first-order valence-corrected chi connectivity index (χ1v) is 10.9. The minimum Gasteiger partial charge on any atom is -0.488 e. The number of hydrogen-bond donors (Lipinski definition) is 3. The van der Waals surface area contributed by atoms with Crippen molar-refractivity contribution >= 4 is 38.7 Å². The molecule has 0 saturated carbocycles. The summed E-state index contributed by atoms with van der Waals surface area (Å²) in [6.45, 7) is 8.63. The van der Waals surface area contributed by atoms with Crippen molar-refractivity contribution in [3.05, 3.63) is 48.0 Å². The van der Waals surface area contributed by atoms with Gasteiger partial charge < -0.3 is 15.4 Å². The number of hydrogen-bond acceptors (Lipinski definition) is 4. The van der Waals surface area contributed by atoms with Crippen LogP contribution in [-0.4, -0.2) is 19.1 Å². The van der Waals surface area contributed by atoms with E-state index in [0.29, 0.717) is 10.8 Å². The fraction of sp³-hybridized carbons (Fsp3) is 0.350. The maximum atomic E-state index is 11.3. The maximum Gasteiger partial charge on any atom is 0.238 e. The first-order chi connectivity index (χ1) is 12.9. The number of nitrogens with one attached hydrogen (secondary N) is 2. The van der Waals surface area contributed by atoms with Gasteiger partial charge in [-0.05, 0) is 80.4 Å². The highest BCUT2D eigenvalue weighted by Gasteiger charge is 2.38. The van der Waals surface area contributed by atoms with Gasteiger partial charge in [0.05, 0.1) is 4.90 Å². The van der Waals surface area contributed by atoms with Gasteiger partial charge in [-0.1, -0.05) is 13.8 Å². The SMILES string of the molecule is CC1(C)CC(C)(C)c2cc(NC(=S)Nc3ccc(S(N)(=O)=O)cc3)ccc2O1. The smallest absolute Gasteiger partial charge is 0.238 e. The lowest BCUT2D eigenvalue weighted by Gasteiger charge is -2.42. The van der Waals surface area contributed by atoms with Gasteiger partial charge in [0.25, 0.3) is 0 Å². The first kappa shape index (κ1) is 20.6. The Morgan fingerprint density at radius 2 is 1.61 bits per heavy atom. The molecule has 0 fully saturated rings. The lowest BCUT2D eigenvalue weighted by atomic mass is 9.73. The van der Waals surface area contributed by atoms with E-state index in [-0.39, 0.29) is 15.9 Å². The zero-order valence-corrected chi connectivity index (χ0v) is 18.0. The standard InChI is InChI=1S/C20H25N3O3S2/c1-19(2)12-20(3,4)26-17-10-7-14(11-16(17)19)23-18(27)22-13-5-8-15(9-6-13)28(21,24)25/h5-11H,12H2,1-4H3,(H2,21,24,25)(H2,22,23,27). The van der Waals surface area contributed by atoms with Gasteiger partial charge in [0.1, 0.15) is 11.4 Å². The van der Waals surface area contributed by atoms with Gasteiger partial charge in [-0.2, -0.15) is 0 Å². The molecule has 0 spiro atoms. The molecule has 0 radical (unpaired) electrons. The topological polar surface area (TPSA) is 93.5 Å². The summed E-state index contributed by atoms with van der Waals surface area (Å²) in [5.74, 6) is 0.893. The van der Waals surface area contributed by atoms with E-state index in [1.807, 2.05) is 12.1 Å². The minimum atomic E-state index is -3.71. The summed E-state index contributed by atoms with van der Waals surface area (Å²) in [5, 5.41) is 11.7. The van der Waals surface area contributed by atoms with E-state index in [2.05, 4.69) is 44.4 Å². The second-order valence-electron chi connectivity index (χ2n) is 8.28. The van der Waals surface area contributed by atoms with Crippen molar-refractivity contribution in [2.45, 2.75) is 50.0 Å². The Morgan fingerprint density at radius 3 is 2.21 bits per heavy atom. The maximum absolute atomic E-state index is 11.3. The largest absolute Gasteiger partial charge is 0.488 e. The Balaban J connectivity index is 1.73. The molecule has 0 unspecified atom stereocenters. The van der Waals surface area contributed by atoms with Crippen LogP contribution in [-0.2, 0) is 15.4 Å². The molecule has 6 nitrogen and oxygen atoms in total. The van der Waals surface area contributed by atoms with Crippen LogP contribution in [0.2, 0.25) is 0 Å². The second kappa shape index (κ2) is 7.02. The van der Waals surface area contributed by atoms with Crippen LogP contribution >= 0.6 is 12.2 Å². The van der Waals surface area contributed by atoms with Crippen LogP contribution in [0.4, 0.5) is 11.4 Å². The molecule has 0 atom stereocenters. The third-order valence-corrected chi connectivity index (χ3v) is 5.79. The summed E-state index contributed by atoms with van der Waals surface area (Å²) < 4.78 is 28.8. The number of fused-ring (bicyclic) bond motifs is 1. The van der Waals surface area contributed by atoms with Gasteiger partial charge in [0.15, 0.2) is 5.11 Å². The summed E-state index contributed by atoms with van der Waals surface area (Å²) in [5.41, 5.74) is 2.43. The molecule has 8 heteroatoms. The van der Waals surface area contributed by atoms with Crippen molar-refractivity contribution in [2.75, 3.05) is 10.6 Å². The summed E-state index contributed by atoms with van der Waals surface area (Å²) in [7, 11) is -3.71. The van der Waals surface area contributed by atoms with Gasteiger partial charge in [0, 0.05) is 16.9 Å². The Bertz CT molecular complexity index is 1010. The van der Waals surface area contributed by atoms with Crippen molar-refractivity contribution < 1.29 is 13.2 Å². The van der Waals surface area contributed by atoms with Gasteiger partial charge >= 0.3 is 0 Å². The van der Waals surface area contributed by atoms with Crippen molar-refractivity contribution in [3.8, 4) is 5.75 Å². The minimum absolute atomic E-state index is 0.0205. The molecule has 1 heterocycles. The van der Waals surface area contributed by atoms with E-state index in [4.69, 9.17) is 22.1 Å². The third-order valence-electron chi connectivity index (χ3n) is 4.66. The molecular weight excluding hydrogens is 394 g/mol. The fourth-order valence-electron chi connectivity index (χ4n) is 3.74. The predicted octanol–water partition coefficient (Wildman–Crippen LogP) is 3.98. The zero-order valence-electron chi connectivity index (χ0n) is 16.4. The Hall–Kier alpha value is -2.16. The molecule has 0 aliphatic carbocycles. The van der Waals surface area contributed by atoms with Crippen LogP contribution in [0.15, 0.2) is 47.4 Å². The van der Waals surface area contributed by atoms with Crippen molar-refractivity contribution in [3.63, 3.8) is 0 Å².